The van der Waals surface area contributed by atoms with Crippen molar-refractivity contribution in [2.45, 2.75) is 33.2 Å². The molecule has 0 aliphatic carbocycles. The van der Waals surface area contributed by atoms with Gasteiger partial charge < -0.3 is 4.57 Å². The zero-order chi connectivity index (χ0) is 24.2. The van der Waals surface area contributed by atoms with Crippen LogP contribution in [0.4, 0.5) is 5.69 Å². The van der Waals surface area contributed by atoms with Crippen molar-refractivity contribution in [2.75, 3.05) is 6.54 Å². The molecular weight excluding hydrogens is 450 g/mol. The molecule has 0 atom stereocenters. The van der Waals surface area contributed by atoms with Crippen molar-refractivity contribution in [3.8, 4) is 0 Å². The van der Waals surface area contributed by atoms with Crippen LogP contribution in [-0.2, 0) is 11.3 Å². The SMILES string of the molecule is CCCCN1C(=O)/C(=C\c2cn(Cc3ccccc3)c3ccccc23)SC1=Nc1ccc(C)cc1. The first-order chi connectivity index (χ1) is 17.1. The molecule has 0 radical (unpaired) electrons. The minimum Gasteiger partial charge on any atom is -0.342 e. The molecule has 1 saturated heterocycles. The van der Waals surface area contributed by atoms with Gasteiger partial charge in [0, 0.05) is 35.8 Å². The fraction of sp³-hybridized carbons (Fsp3) is 0.200. The number of unbranched alkanes of at least 4 members (excludes halogenated alkanes) is 1. The Bertz CT molecular complexity index is 1400. The molecule has 0 unspecified atom stereocenters. The number of aromatic nitrogens is 1. The zero-order valence-electron chi connectivity index (χ0n) is 20.1. The van der Waals surface area contributed by atoms with Gasteiger partial charge in [-0.1, -0.05) is 79.6 Å². The van der Waals surface area contributed by atoms with Gasteiger partial charge >= 0.3 is 0 Å². The molecule has 0 N–H and O–H groups in total. The second-order valence-electron chi connectivity index (χ2n) is 8.87. The number of fused-ring (bicyclic) bond motifs is 1. The summed E-state index contributed by atoms with van der Waals surface area (Å²) in [6.07, 6.45) is 6.17. The zero-order valence-corrected chi connectivity index (χ0v) is 21.0. The van der Waals surface area contributed by atoms with E-state index in [1.54, 1.807) is 0 Å². The number of thioether (sulfide) groups is 1. The largest absolute Gasteiger partial charge is 0.342 e. The van der Waals surface area contributed by atoms with Crippen molar-refractivity contribution >= 4 is 45.5 Å². The third-order valence-electron chi connectivity index (χ3n) is 6.18. The van der Waals surface area contributed by atoms with Gasteiger partial charge in [0.2, 0.25) is 0 Å². The summed E-state index contributed by atoms with van der Waals surface area (Å²) in [5.74, 6) is 0.0363. The van der Waals surface area contributed by atoms with Crippen LogP contribution in [0.1, 0.15) is 36.5 Å². The number of para-hydroxylation sites is 1. The lowest BCUT2D eigenvalue weighted by Crippen LogP contribution is -2.30. The van der Waals surface area contributed by atoms with Crippen molar-refractivity contribution in [3.63, 3.8) is 0 Å². The maximum Gasteiger partial charge on any atom is 0.266 e. The van der Waals surface area contributed by atoms with Crippen LogP contribution in [0.2, 0.25) is 0 Å². The molecule has 1 aromatic heterocycles. The number of benzene rings is 3. The van der Waals surface area contributed by atoms with Crippen LogP contribution in [0, 0.1) is 6.92 Å². The van der Waals surface area contributed by atoms with E-state index in [1.165, 1.54) is 22.9 Å². The molecule has 35 heavy (non-hydrogen) atoms. The molecule has 3 aromatic carbocycles. The Morgan fingerprint density at radius 2 is 1.69 bits per heavy atom. The minimum absolute atomic E-state index is 0.0363. The fourth-order valence-corrected chi connectivity index (χ4v) is 5.29. The summed E-state index contributed by atoms with van der Waals surface area (Å²) in [5, 5.41) is 1.90. The van der Waals surface area contributed by atoms with E-state index in [-0.39, 0.29) is 5.91 Å². The van der Waals surface area contributed by atoms with E-state index >= 15 is 0 Å². The number of nitrogens with zero attached hydrogens (tertiary/aromatic N) is 3. The van der Waals surface area contributed by atoms with Gasteiger partial charge in [0.25, 0.3) is 5.91 Å². The van der Waals surface area contributed by atoms with E-state index in [1.807, 2.05) is 29.2 Å². The van der Waals surface area contributed by atoms with Crippen LogP contribution in [0.3, 0.4) is 0 Å². The van der Waals surface area contributed by atoms with Crippen LogP contribution in [0.5, 0.6) is 0 Å². The highest BCUT2D eigenvalue weighted by atomic mass is 32.2. The highest BCUT2D eigenvalue weighted by Gasteiger charge is 2.33. The van der Waals surface area contributed by atoms with Gasteiger partial charge in [-0.2, -0.15) is 0 Å². The molecule has 176 valence electrons. The number of aliphatic imine (C=N–C) groups is 1. The normalized spacial score (nSPS) is 16.2. The first kappa shape index (κ1) is 23.2. The molecule has 5 rings (SSSR count). The molecule has 5 heteroatoms. The van der Waals surface area contributed by atoms with Crippen LogP contribution in [0.25, 0.3) is 17.0 Å². The lowest BCUT2D eigenvalue weighted by Gasteiger charge is -2.14. The average molecular weight is 480 g/mol. The summed E-state index contributed by atoms with van der Waals surface area (Å²) >= 11 is 1.47. The van der Waals surface area contributed by atoms with E-state index in [0.717, 1.165) is 51.6 Å². The number of hydrogen-bond donors (Lipinski definition) is 0. The van der Waals surface area contributed by atoms with Crippen LogP contribution in [0.15, 0.2) is 95.0 Å². The topological polar surface area (TPSA) is 37.6 Å². The number of amides is 1. The van der Waals surface area contributed by atoms with E-state index < -0.39 is 0 Å². The third-order valence-corrected chi connectivity index (χ3v) is 7.19. The fourth-order valence-electron chi connectivity index (χ4n) is 4.28. The molecule has 0 bridgehead atoms. The highest BCUT2D eigenvalue weighted by Crippen LogP contribution is 2.36. The number of hydrogen-bond acceptors (Lipinski definition) is 3. The summed E-state index contributed by atoms with van der Waals surface area (Å²) in [5.41, 5.74) is 5.53. The maximum atomic E-state index is 13.5. The predicted molar refractivity (Wildman–Crippen MR) is 148 cm³/mol. The second-order valence-corrected chi connectivity index (χ2v) is 9.88. The van der Waals surface area contributed by atoms with Gasteiger partial charge in [-0.15, -0.1) is 0 Å². The molecule has 4 aromatic rings. The number of carbonyl (C=O) groups excluding carboxylic acids is 1. The van der Waals surface area contributed by atoms with Crippen molar-refractivity contribution in [1.82, 2.24) is 9.47 Å². The van der Waals surface area contributed by atoms with Gasteiger partial charge in [0.15, 0.2) is 5.17 Å². The number of aryl methyl sites for hydroxylation is 1. The summed E-state index contributed by atoms with van der Waals surface area (Å²) in [7, 11) is 0. The molecule has 2 heterocycles. The second kappa shape index (κ2) is 10.4. The monoisotopic (exact) mass is 479 g/mol. The highest BCUT2D eigenvalue weighted by molar-refractivity contribution is 8.18. The molecule has 4 nitrogen and oxygen atoms in total. The Balaban J connectivity index is 1.51. The molecule has 0 saturated carbocycles. The van der Waals surface area contributed by atoms with Gasteiger partial charge in [0.05, 0.1) is 10.6 Å². The van der Waals surface area contributed by atoms with Crippen molar-refractivity contribution in [1.29, 1.82) is 0 Å². The van der Waals surface area contributed by atoms with Crippen LogP contribution < -0.4 is 0 Å². The van der Waals surface area contributed by atoms with Crippen LogP contribution in [-0.4, -0.2) is 27.1 Å². The van der Waals surface area contributed by atoms with Crippen LogP contribution >= 0.6 is 11.8 Å². The van der Waals surface area contributed by atoms with Crippen molar-refractivity contribution in [2.24, 2.45) is 4.99 Å². The van der Waals surface area contributed by atoms with Gasteiger partial charge in [-0.05, 0) is 54.9 Å². The van der Waals surface area contributed by atoms with E-state index in [0.29, 0.717) is 6.54 Å². The standard InChI is InChI=1S/C30H29N3OS/c1-3-4-18-33-29(34)28(35-30(33)31-25-16-14-22(2)15-17-25)19-24-21-32(20-23-10-6-5-7-11-23)27-13-9-8-12-26(24)27/h5-17,19,21H,3-4,18,20H2,1-2H3/b28-19+,31-30?. The molecule has 1 amide bonds. The lowest BCUT2D eigenvalue weighted by molar-refractivity contribution is -0.122. The van der Waals surface area contributed by atoms with Gasteiger partial charge in [0.1, 0.15) is 0 Å². The molecule has 0 spiro atoms. The molecular formula is C30H29N3OS. The summed E-state index contributed by atoms with van der Waals surface area (Å²) < 4.78 is 2.26. The number of rotatable bonds is 7. The first-order valence-corrected chi connectivity index (χ1v) is 12.9. The lowest BCUT2D eigenvalue weighted by atomic mass is 10.1. The summed E-state index contributed by atoms with van der Waals surface area (Å²) in [6, 6.07) is 27.0. The average Bonchev–Trinajstić information content (AvgIpc) is 3.37. The smallest absolute Gasteiger partial charge is 0.266 e. The predicted octanol–water partition coefficient (Wildman–Crippen LogP) is 7.40. The van der Waals surface area contributed by atoms with E-state index in [4.69, 9.17) is 4.99 Å². The minimum atomic E-state index is 0.0363. The Hall–Kier alpha value is -3.57. The van der Waals surface area contributed by atoms with Crippen molar-refractivity contribution < 1.29 is 4.79 Å². The number of amidine groups is 1. The van der Waals surface area contributed by atoms with Crippen molar-refractivity contribution in [3.05, 3.63) is 107 Å². The Kier molecular flexibility index (Phi) is 6.87. The molecule has 1 fully saturated rings. The molecule has 1 aliphatic rings. The summed E-state index contributed by atoms with van der Waals surface area (Å²) in [6.45, 7) is 5.67. The number of carbonyl (C=O) groups is 1. The van der Waals surface area contributed by atoms with Gasteiger partial charge in [-0.3, -0.25) is 9.69 Å². The maximum absolute atomic E-state index is 13.5. The Labute approximate surface area is 211 Å². The quantitative estimate of drug-likeness (QED) is 0.259. The summed E-state index contributed by atoms with van der Waals surface area (Å²) in [4.78, 5) is 20.8. The van der Waals surface area contributed by atoms with Gasteiger partial charge in [-0.25, -0.2) is 4.99 Å². The first-order valence-electron chi connectivity index (χ1n) is 12.1. The molecule has 1 aliphatic heterocycles. The van der Waals surface area contributed by atoms with E-state index in [9.17, 15) is 4.79 Å². The van der Waals surface area contributed by atoms with E-state index in [2.05, 4.69) is 85.3 Å². The third kappa shape index (κ3) is 5.10. The Morgan fingerprint density at radius 3 is 2.46 bits per heavy atom. The Morgan fingerprint density at radius 1 is 0.943 bits per heavy atom.